The molecule has 29 heavy (non-hydrogen) atoms. The highest BCUT2D eigenvalue weighted by Crippen LogP contribution is 2.30. The van der Waals surface area contributed by atoms with Crippen molar-refractivity contribution in [3.63, 3.8) is 0 Å². The Morgan fingerprint density at radius 3 is 2.28 bits per heavy atom. The molecule has 0 aromatic heterocycles. The highest BCUT2D eigenvalue weighted by atomic mass is 35.5. The van der Waals surface area contributed by atoms with Crippen molar-refractivity contribution in [2.75, 3.05) is 12.4 Å². The van der Waals surface area contributed by atoms with Gasteiger partial charge in [-0.25, -0.2) is 13.6 Å². The Bertz CT molecular complexity index is 1100. The van der Waals surface area contributed by atoms with Crippen LogP contribution in [0.1, 0.15) is 26.3 Å². The molecule has 8 heteroatoms. The number of anilines is 2. The van der Waals surface area contributed by atoms with Crippen molar-refractivity contribution in [2.45, 2.75) is 0 Å². The summed E-state index contributed by atoms with van der Waals surface area (Å²) in [4.78, 5) is 24.1. The van der Waals surface area contributed by atoms with Gasteiger partial charge >= 0.3 is 5.97 Å². The third-order valence-electron chi connectivity index (χ3n) is 4.14. The summed E-state index contributed by atoms with van der Waals surface area (Å²) in [5.74, 6) is -3.13. The number of benzene rings is 3. The summed E-state index contributed by atoms with van der Waals surface area (Å²) in [5.41, 5.74) is -0.0684. The van der Waals surface area contributed by atoms with Crippen LogP contribution in [0.15, 0.2) is 54.6 Å². The average molecular weight is 418 g/mol. The quantitative estimate of drug-likeness (QED) is 0.532. The predicted molar refractivity (Wildman–Crippen MR) is 104 cm³/mol. The molecular formula is C21H14ClF2NO4. The lowest BCUT2D eigenvalue weighted by Gasteiger charge is -2.12. The molecule has 3 aromatic rings. The van der Waals surface area contributed by atoms with Crippen LogP contribution >= 0.6 is 11.6 Å². The monoisotopic (exact) mass is 417 g/mol. The molecule has 0 fully saturated rings. The smallest absolute Gasteiger partial charge is 0.335 e. The number of aromatic carboxylic acids is 1. The van der Waals surface area contributed by atoms with Gasteiger partial charge < -0.3 is 15.2 Å². The maximum absolute atomic E-state index is 13.8. The highest BCUT2D eigenvalue weighted by molar-refractivity contribution is 6.35. The summed E-state index contributed by atoms with van der Waals surface area (Å²) >= 11 is 6.21. The van der Waals surface area contributed by atoms with Gasteiger partial charge in [-0.15, -0.1) is 0 Å². The number of carboxylic acids is 1. The molecule has 3 rings (SSSR count). The Morgan fingerprint density at radius 2 is 1.69 bits per heavy atom. The highest BCUT2D eigenvalue weighted by Gasteiger charge is 2.20. The molecule has 0 amide bonds. The van der Waals surface area contributed by atoms with Gasteiger partial charge in [0.25, 0.3) is 0 Å². The topological polar surface area (TPSA) is 75.6 Å². The number of carbonyl (C=O) groups is 2. The fraction of sp³-hybridized carbons (Fsp3) is 0.0476. The normalized spacial score (nSPS) is 10.5. The first-order valence-corrected chi connectivity index (χ1v) is 8.66. The van der Waals surface area contributed by atoms with Crippen LogP contribution in [0.25, 0.3) is 0 Å². The Labute approximate surface area is 169 Å². The molecule has 0 bridgehead atoms. The van der Waals surface area contributed by atoms with E-state index in [0.717, 1.165) is 12.1 Å². The number of para-hydroxylation sites is 1. The zero-order valence-corrected chi connectivity index (χ0v) is 15.8. The summed E-state index contributed by atoms with van der Waals surface area (Å²) < 4.78 is 32.7. The van der Waals surface area contributed by atoms with Crippen LogP contribution in [0.4, 0.5) is 20.2 Å². The van der Waals surface area contributed by atoms with E-state index in [1.54, 1.807) is 0 Å². The largest absolute Gasteiger partial charge is 0.496 e. The lowest BCUT2D eigenvalue weighted by atomic mass is 9.99. The van der Waals surface area contributed by atoms with Crippen molar-refractivity contribution in [2.24, 2.45) is 0 Å². The first kappa shape index (κ1) is 20.3. The van der Waals surface area contributed by atoms with Crippen molar-refractivity contribution in [3.05, 3.63) is 87.9 Å². The number of hydrogen-bond acceptors (Lipinski definition) is 4. The number of methoxy groups -OCH3 is 1. The van der Waals surface area contributed by atoms with Crippen molar-refractivity contribution >= 4 is 34.7 Å². The fourth-order valence-corrected chi connectivity index (χ4v) is 2.97. The van der Waals surface area contributed by atoms with Crippen LogP contribution in [0, 0.1) is 11.6 Å². The minimum Gasteiger partial charge on any atom is -0.496 e. The van der Waals surface area contributed by atoms with E-state index < -0.39 is 23.4 Å². The number of ether oxygens (including phenoxy) is 1. The van der Waals surface area contributed by atoms with Gasteiger partial charge in [-0.3, -0.25) is 4.79 Å². The number of nitrogens with one attached hydrogen (secondary N) is 1. The second kappa shape index (κ2) is 8.28. The van der Waals surface area contributed by atoms with Gasteiger partial charge in [0.15, 0.2) is 5.78 Å². The van der Waals surface area contributed by atoms with E-state index in [1.807, 2.05) is 0 Å². The molecule has 0 saturated carbocycles. The number of ketones is 1. The van der Waals surface area contributed by atoms with Gasteiger partial charge in [0.05, 0.1) is 23.3 Å². The fourth-order valence-electron chi connectivity index (χ4n) is 2.70. The van der Waals surface area contributed by atoms with Crippen LogP contribution in [-0.4, -0.2) is 24.0 Å². The molecule has 0 radical (unpaired) electrons. The lowest BCUT2D eigenvalue weighted by molar-refractivity contribution is 0.0697. The van der Waals surface area contributed by atoms with Crippen LogP contribution in [0.2, 0.25) is 5.02 Å². The van der Waals surface area contributed by atoms with Crippen molar-refractivity contribution < 1.29 is 28.2 Å². The minimum absolute atomic E-state index is 0.0135. The lowest BCUT2D eigenvalue weighted by Crippen LogP contribution is -2.08. The van der Waals surface area contributed by atoms with Crippen LogP contribution in [0.5, 0.6) is 5.75 Å². The number of halogens is 3. The van der Waals surface area contributed by atoms with Gasteiger partial charge in [0.2, 0.25) is 0 Å². The molecule has 0 aliphatic carbocycles. The minimum atomic E-state index is -1.20. The summed E-state index contributed by atoms with van der Waals surface area (Å²) in [6.45, 7) is 0. The molecule has 0 aliphatic rings. The van der Waals surface area contributed by atoms with E-state index in [2.05, 4.69) is 5.32 Å². The van der Waals surface area contributed by atoms with Crippen molar-refractivity contribution in [3.8, 4) is 5.75 Å². The van der Waals surface area contributed by atoms with E-state index >= 15 is 0 Å². The van der Waals surface area contributed by atoms with Gasteiger partial charge in [-0.2, -0.15) is 0 Å². The van der Waals surface area contributed by atoms with Crippen molar-refractivity contribution in [1.29, 1.82) is 0 Å². The number of hydrogen-bond donors (Lipinski definition) is 2. The van der Waals surface area contributed by atoms with Crippen LogP contribution < -0.4 is 10.1 Å². The van der Waals surface area contributed by atoms with Gasteiger partial charge in [-0.1, -0.05) is 17.7 Å². The first-order chi connectivity index (χ1) is 13.8. The molecular weight excluding hydrogens is 404 g/mol. The number of carboxylic acid groups (broad SMARTS) is 1. The molecule has 148 valence electrons. The zero-order valence-electron chi connectivity index (χ0n) is 15.0. The molecule has 2 N–H and O–H groups in total. The maximum atomic E-state index is 13.8. The van der Waals surface area contributed by atoms with Crippen LogP contribution in [-0.2, 0) is 0 Å². The van der Waals surface area contributed by atoms with Gasteiger partial charge in [0.1, 0.15) is 23.1 Å². The molecule has 0 aliphatic heterocycles. The van der Waals surface area contributed by atoms with Gasteiger partial charge in [0, 0.05) is 11.3 Å². The Morgan fingerprint density at radius 1 is 1.00 bits per heavy atom. The van der Waals surface area contributed by atoms with E-state index in [9.17, 15) is 18.4 Å². The van der Waals surface area contributed by atoms with Gasteiger partial charge in [-0.05, 0) is 48.5 Å². The van der Waals surface area contributed by atoms with Crippen LogP contribution in [0.3, 0.4) is 0 Å². The first-order valence-electron chi connectivity index (χ1n) is 8.28. The molecule has 5 nitrogen and oxygen atoms in total. The molecule has 3 aromatic carbocycles. The predicted octanol–water partition coefficient (Wildman–Crippen LogP) is 5.30. The Balaban J connectivity index is 1.96. The van der Waals surface area contributed by atoms with E-state index in [1.165, 1.54) is 49.6 Å². The summed E-state index contributed by atoms with van der Waals surface area (Å²) in [6, 6.07) is 11.5. The Hall–Kier alpha value is -3.45. The Kier molecular flexibility index (Phi) is 5.79. The standard InChI is InChI=1S/C21H14ClF2NO4/c1-29-18-8-5-11(21(27)28)9-14(18)20(26)13-7-6-12(10-15(13)22)25-19-16(23)3-2-4-17(19)24/h2-10,25H,1H3,(H,27,28). The maximum Gasteiger partial charge on any atom is 0.335 e. The molecule has 0 unspecified atom stereocenters. The SMILES string of the molecule is COc1ccc(C(=O)O)cc1C(=O)c1ccc(Nc2c(F)cccc2F)cc1Cl. The summed E-state index contributed by atoms with van der Waals surface area (Å²) in [7, 11) is 1.35. The summed E-state index contributed by atoms with van der Waals surface area (Å²) in [6.07, 6.45) is 0. The summed E-state index contributed by atoms with van der Waals surface area (Å²) in [5, 5.41) is 11.8. The number of rotatable bonds is 6. The zero-order chi connectivity index (χ0) is 21.1. The second-order valence-electron chi connectivity index (χ2n) is 5.97. The van der Waals surface area contributed by atoms with E-state index in [0.29, 0.717) is 0 Å². The van der Waals surface area contributed by atoms with Crippen molar-refractivity contribution in [1.82, 2.24) is 0 Å². The molecule has 0 atom stereocenters. The third-order valence-corrected chi connectivity index (χ3v) is 4.45. The molecule has 0 heterocycles. The molecule has 0 saturated heterocycles. The average Bonchev–Trinajstić information content (AvgIpc) is 2.70. The van der Waals surface area contributed by atoms with E-state index in [4.69, 9.17) is 21.4 Å². The molecule has 0 spiro atoms. The third kappa shape index (κ3) is 4.20. The number of carbonyl (C=O) groups excluding carboxylic acids is 1. The van der Waals surface area contributed by atoms with E-state index in [-0.39, 0.29) is 38.8 Å². The second-order valence-corrected chi connectivity index (χ2v) is 6.37.